The van der Waals surface area contributed by atoms with Gasteiger partial charge in [0, 0.05) is 40.7 Å². The SMILES string of the molecule is COCC(C)(C)c1c(C2CCC(F)(C(=O)O)CC2)c2cc3[nH]ncc3cc2n1-c1ccc(F)c(OC)c1. The number of carbonyl (C=O) groups is 1. The van der Waals surface area contributed by atoms with Gasteiger partial charge in [-0.3, -0.25) is 5.10 Å². The maximum absolute atomic E-state index is 15.0. The smallest absolute Gasteiger partial charge is 0.341 e. The lowest BCUT2D eigenvalue weighted by Crippen LogP contribution is -2.38. The molecule has 2 heterocycles. The summed E-state index contributed by atoms with van der Waals surface area (Å²) in [6.45, 7) is 4.57. The number of benzene rings is 2. The van der Waals surface area contributed by atoms with E-state index in [1.54, 1.807) is 25.4 Å². The van der Waals surface area contributed by atoms with Crippen LogP contribution in [0.15, 0.2) is 36.5 Å². The van der Waals surface area contributed by atoms with Crippen LogP contribution < -0.4 is 4.74 Å². The highest BCUT2D eigenvalue weighted by Crippen LogP contribution is 2.48. The second kappa shape index (κ2) is 9.13. The van der Waals surface area contributed by atoms with Gasteiger partial charge in [0.05, 0.1) is 30.9 Å². The highest BCUT2D eigenvalue weighted by atomic mass is 19.1. The molecule has 0 spiro atoms. The third-order valence-electron chi connectivity index (χ3n) is 7.68. The Labute approximate surface area is 213 Å². The van der Waals surface area contributed by atoms with E-state index >= 15 is 4.39 Å². The normalized spacial score (nSPS) is 20.5. The average molecular weight is 512 g/mol. The predicted octanol–water partition coefficient (Wildman–Crippen LogP) is 6.03. The fourth-order valence-corrected chi connectivity index (χ4v) is 5.89. The molecule has 0 saturated heterocycles. The van der Waals surface area contributed by atoms with Crippen LogP contribution >= 0.6 is 0 Å². The van der Waals surface area contributed by atoms with Gasteiger partial charge in [-0.2, -0.15) is 5.10 Å². The van der Waals surface area contributed by atoms with E-state index in [0.717, 1.165) is 38.8 Å². The number of nitrogens with zero attached hydrogens (tertiary/aromatic N) is 2. The third-order valence-corrected chi connectivity index (χ3v) is 7.68. The van der Waals surface area contributed by atoms with E-state index < -0.39 is 22.9 Å². The molecule has 7 nitrogen and oxygen atoms in total. The first-order valence-corrected chi connectivity index (χ1v) is 12.4. The topological polar surface area (TPSA) is 89.4 Å². The number of carboxylic acids is 1. The third kappa shape index (κ3) is 4.15. The summed E-state index contributed by atoms with van der Waals surface area (Å²) >= 11 is 0. The van der Waals surface area contributed by atoms with Crippen molar-refractivity contribution < 1.29 is 28.2 Å². The summed E-state index contributed by atoms with van der Waals surface area (Å²) in [6, 6.07) is 8.85. The molecule has 9 heteroatoms. The summed E-state index contributed by atoms with van der Waals surface area (Å²) in [5.41, 5.74) is 1.77. The monoisotopic (exact) mass is 511 g/mol. The summed E-state index contributed by atoms with van der Waals surface area (Å²) < 4.78 is 42.5. The minimum atomic E-state index is -2.21. The number of hydrogen-bond donors (Lipinski definition) is 2. The molecule has 1 aliphatic rings. The lowest BCUT2D eigenvalue weighted by Gasteiger charge is -2.34. The van der Waals surface area contributed by atoms with Crippen LogP contribution in [0, 0.1) is 5.82 Å². The lowest BCUT2D eigenvalue weighted by atomic mass is 9.73. The summed E-state index contributed by atoms with van der Waals surface area (Å²) in [5, 5.41) is 18.6. The van der Waals surface area contributed by atoms with E-state index in [-0.39, 0.29) is 24.5 Å². The van der Waals surface area contributed by atoms with Crippen LogP contribution in [0.2, 0.25) is 0 Å². The van der Waals surface area contributed by atoms with Crippen LogP contribution in [-0.2, 0) is 14.9 Å². The summed E-state index contributed by atoms with van der Waals surface area (Å²) in [5.74, 6) is -1.80. The Morgan fingerprint density at radius 3 is 2.62 bits per heavy atom. The molecule has 2 aromatic heterocycles. The molecule has 0 atom stereocenters. The number of rotatable bonds is 7. The number of aromatic amines is 1. The molecule has 37 heavy (non-hydrogen) atoms. The van der Waals surface area contributed by atoms with Gasteiger partial charge < -0.3 is 19.1 Å². The van der Waals surface area contributed by atoms with Gasteiger partial charge in [0.15, 0.2) is 11.6 Å². The number of nitrogens with one attached hydrogen (secondary N) is 1. The van der Waals surface area contributed by atoms with Crippen LogP contribution in [0.25, 0.3) is 27.5 Å². The van der Waals surface area contributed by atoms with Gasteiger partial charge in [0.2, 0.25) is 5.67 Å². The van der Waals surface area contributed by atoms with Gasteiger partial charge >= 0.3 is 5.97 Å². The Balaban J connectivity index is 1.82. The Morgan fingerprint density at radius 2 is 1.97 bits per heavy atom. The van der Waals surface area contributed by atoms with Crippen molar-refractivity contribution in [1.29, 1.82) is 0 Å². The Hall–Kier alpha value is -3.46. The molecule has 4 aromatic rings. The highest BCUT2D eigenvalue weighted by molar-refractivity contribution is 5.99. The van der Waals surface area contributed by atoms with Crippen molar-refractivity contribution in [2.75, 3.05) is 20.8 Å². The number of halogens is 2. The second-order valence-electron chi connectivity index (χ2n) is 10.6. The summed E-state index contributed by atoms with van der Waals surface area (Å²) in [6.07, 6.45) is 2.43. The van der Waals surface area contributed by atoms with Crippen molar-refractivity contribution in [2.45, 2.75) is 56.5 Å². The zero-order valence-corrected chi connectivity index (χ0v) is 21.4. The van der Waals surface area contributed by atoms with Crippen LogP contribution in [0.5, 0.6) is 5.75 Å². The fraction of sp³-hybridized carbons (Fsp3) is 0.429. The first kappa shape index (κ1) is 25.2. The van der Waals surface area contributed by atoms with Crippen molar-refractivity contribution in [1.82, 2.24) is 14.8 Å². The number of fused-ring (bicyclic) bond motifs is 2. The minimum Gasteiger partial charge on any atom is -0.494 e. The predicted molar refractivity (Wildman–Crippen MR) is 137 cm³/mol. The zero-order valence-electron chi connectivity index (χ0n) is 21.4. The molecule has 5 rings (SSSR count). The molecule has 196 valence electrons. The molecule has 2 N–H and O–H groups in total. The summed E-state index contributed by atoms with van der Waals surface area (Å²) in [4.78, 5) is 11.6. The molecule has 0 amide bonds. The molecule has 2 aromatic carbocycles. The van der Waals surface area contributed by atoms with Crippen molar-refractivity contribution in [2.24, 2.45) is 0 Å². The van der Waals surface area contributed by atoms with E-state index in [4.69, 9.17) is 9.47 Å². The number of alkyl halides is 1. The molecule has 1 fully saturated rings. The molecular weight excluding hydrogens is 480 g/mol. The zero-order chi connectivity index (χ0) is 26.5. The van der Waals surface area contributed by atoms with E-state index in [0.29, 0.717) is 19.4 Å². The first-order chi connectivity index (χ1) is 17.6. The standard InChI is InChI=1S/C28H31F2N3O4/c1-27(2,15-36-3)25-24(16-7-9-28(30,10-8-16)26(34)35)19-13-21-17(14-31-32-21)11-22(19)33(25)18-5-6-20(29)23(12-18)37-4/h5-6,11-14,16H,7-10,15H2,1-4H3,(H,31,32)(H,34,35). The van der Waals surface area contributed by atoms with E-state index in [2.05, 4.69) is 28.6 Å². The first-order valence-electron chi connectivity index (χ1n) is 12.4. The van der Waals surface area contributed by atoms with Crippen molar-refractivity contribution in [3.63, 3.8) is 0 Å². The van der Waals surface area contributed by atoms with Gasteiger partial charge in [-0.25, -0.2) is 13.6 Å². The second-order valence-corrected chi connectivity index (χ2v) is 10.6. The Morgan fingerprint density at radius 1 is 1.24 bits per heavy atom. The Kier molecular flexibility index (Phi) is 6.22. The van der Waals surface area contributed by atoms with E-state index in [1.165, 1.54) is 13.2 Å². The quantitative estimate of drug-likeness (QED) is 0.316. The average Bonchev–Trinajstić information content (AvgIpc) is 3.45. The number of aliphatic carboxylic acids is 1. The molecule has 0 aliphatic heterocycles. The molecule has 1 saturated carbocycles. The Bertz CT molecular complexity index is 1480. The van der Waals surface area contributed by atoms with Gasteiger partial charge in [0.1, 0.15) is 0 Å². The number of aromatic nitrogens is 3. The molecular formula is C28H31F2N3O4. The van der Waals surface area contributed by atoms with Crippen LogP contribution in [0.1, 0.15) is 56.7 Å². The maximum atomic E-state index is 15.0. The number of hydrogen-bond acceptors (Lipinski definition) is 4. The summed E-state index contributed by atoms with van der Waals surface area (Å²) in [7, 11) is 3.08. The highest BCUT2D eigenvalue weighted by Gasteiger charge is 2.44. The largest absolute Gasteiger partial charge is 0.494 e. The van der Waals surface area contributed by atoms with Crippen molar-refractivity contribution in [3.8, 4) is 11.4 Å². The van der Waals surface area contributed by atoms with Crippen molar-refractivity contribution in [3.05, 3.63) is 53.6 Å². The number of carboxylic acid groups (broad SMARTS) is 1. The van der Waals surface area contributed by atoms with Crippen molar-refractivity contribution >= 4 is 27.8 Å². The van der Waals surface area contributed by atoms with E-state index in [1.807, 2.05) is 12.1 Å². The van der Waals surface area contributed by atoms with E-state index in [9.17, 15) is 14.3 Å². The molecule has 0 bridgehead atoms. The van der Waals surface area contributed by atoms with Gasteiger partial charge in [-0.15, -0.1) is 0 Å². The minimum absolute atomic E-state index is 0.0551. The number of ether oxygens (including phenoxy) is 2. The molecule has 0 radical (unpaired) electrons. The lowest BCUT2D eigenvalue weighted by molar-refractivity contribution is -0.153. The van der Waals surface area contributed by atoms with Crippen LogP contribution in [-0.4, -0.2) is 52.3 Å². The fourth-order valence-electron chi connectivity index (χ4n) is 5.89. The van der Waals surface area contributed by atoms with Crippen LogP contribution in [0.3, 0.4) is 0 Å². The molecule has 0 unspecified atom stereocenters. The van der Waals surface area contributed by atoms with Crippen LogP contribution in [0.4, 0.5) is 8.78 Å². The maximum Gasteiger partial charge on any atom is 0.341 e. The number of H-pyrrole nitrogens is 1. The molecule has 1 aliphatic carbocycles. The van der Waals surface area contributed by atoms with Gasteiger partial charge in [0.25, 0.3) is 0 Å². The van der Waals surface area contributed by atoms with Gasteiger partial charge in [-0.1, -0.05) is 13.8 Å². The number of methoxy groups -OCH3 is 2. The van der Waals surface area contributed by atoms with Gasteiger partial charge in [-0.05, 0) is 61.4 Å².